The number of rotatable bonds is 6. The van der Waals surface area contributed by atoms with Crippen molar-refractivity contribution in [3.63, 3.8) is 0 Å². The van der Waals surface area contributed by atoms with Crippen LogP contribution in [0.2, 0.25) is 0 Å². The molecule has 25 heavy (non-hydrogen) atoms. The molecular formula is C19H23N3O3. The Kier molecular flexibility index (Phi) is 4.46. The Bertz CT molecular complexity index is 806. The van der Waals surface area contributed by atoms with E-state index in [0.29, 0.717) is 18.2 Å². The van der Waals surface area contributed by atoms with Crippen LogP contribution in [0.5, 0.6) is 0 Å². The molecule has 1 fully saturated rings. The molecule has 4 heterocycles. The molecule has 4 rings (SSSR count). The minimum atomic E-state index is -0.558. The van der Waals surface area contributed by atoms with Crippen LogP contribution >= 0.6 is 0 Å². The fourth-order valence-corrected chi connectivity index (χ4v) is 3.66. The molecule has 3 aromatic heterocycles. The van der Waals surface area contributed by atoms with Gasteiger partial charge in [-0.15, -0.1) is 0 Å². The van der Waals surface area contributed by atoms with Gasteiger partial charge in [0.05, 0.1) is 12.5 Å². The Labute approximate surface area is 146 Å². The van der Waals surface area contributed by atoms with Crippen molar-refractivity contribution >= 4 is 0 Å². The van der Waals surface area contributed by atoms with Crippen LogP contribution in [0.1, 0.15) is 42.5 Å². The third-order valence-corrected chi connectivity index (χ3v) is 4.94. The molecule has 1 saturated heterocycles. The molecule has 2 N–H and O–H groups in total. The monoisotopic (exact) mass is 341 g/mol. The maximum absolute atomic E-state index is 10.4. The van der Waals surface area contributed by atoms with Gasteiger partial charge >= 0.3 is 0 Å². The fourth-order valence-electron chi connectivity index (χ4n) is 3.66. The number of aliphatic hydroxyl groups is 1. The molecule has 6 nitrogen and oxygen atoms in total. The molecule has 3 aromatic rings. The highest BCUT2D eigenvalue weighted by Gasteiger charge is 2.29. The van der Waals surface area contributed by atoms with Gasteiger partial charge < -0.3 is 13.9 Å². The third kappa shape index (κ3) is 3.41. The lowest BCUT2D eigenvalue weighted by Crippen LogP contribution is -2.30. The van der Waals surface area contributed by atoms with Crippen LogP contribution in [0.15, 0.2) is 45.6 Å². The van der Waals surface area contributed by atoms with E-state index in [1.54, 1.807) is 6.26 Å². The lowest BCUT2D eigenvalue weighted by atomic mass is 10.0. The van der Waals surface area contributed by atoms with Gasteiger partial charge in [-0.05, 0) is 57.0 Å². The first-order valence-electron chi connectivity index (χ1n) is 8.75. The number of aromatic nitrogens is 2. The number of aromatic amines is 1. The summed E-state index contributed by atoms with van der Waals surface area (Å²) < 4.78 is 11.1. The van der Waals surface area contributed by atoms with E-state index in [4.69, 9.17) is 8.83 Å². The normalized spacial score (nSPS) is 19.5. The smallest absolute Gasteiger partial charge is 0.152 e. The Morgan fingerprint density at radius 3 is 3.08 bits per heavy atom. The summed E-state index contributed by atoms with van der Waals surface area (Å²) in [7, 11) is 0. The first-order valence-corrected chi connectivity index (χ1v) is 8.75. The van der Waals surface area contributed by atoms with Crippen molar-refractivity contribution in [1.82, 2.24) is 15.1 Å². The first-order chi connectivity index (χ1) is 12.2. The summed E-state index contributed by atoms with van der Waals surface area (Å²) in [6, 6.07) is 7.90. The van der Waals surface area contributed by atoms with Crippen molar-refractivity contribution in [3.8, 4) is 11.5 Å². The van der Waals surface area contributed by atoms with Gasteiger partial charge in [0, 0.05) is 18.2 Å². The van der Waals surface area contributed by atoms with Crippen molar-refractivity contribution in [2.45, 2.75) is 44.9 Å². The molecule has 0 amide bonds. The number of nitrogens with one attached hydrogen (secondary N) is 1. The van der Waals surface area contributed by atoms with E-state index < -0.39 is 6.10 Å². The molecule has 132 valence electrons. The summed E-state index contributed by atoms with van der Waals surface area (Å²) in [5, 5.41) is 17.6. The summed E-state index contributed by atoms with van der Waals surface area (Å²) in [6.07, 6.45) is 5.82. The van der Waals surface area contributed by atoms with E-state index in [1.165, 1.54) is 0 Å². The van der Waals surface area contributed by atoms with Gasteiger partial charge in [0.1, 0.15) is 23.3 Å². The second kappa shape index (κ2) is 6.90. The zero-order valence-electron chi connectivity index (χ0n) is 14.3. The Morgan fingerprint density at radius 1 is 1.40 bits per heavy atom. The van der Waals surface area contributed by atoms with Gasteiger partial charge in [-0.1, -0.05) is 0 Å². The number of furan rings is 2. The molecular weight excluding hydrogens is 318 g/mol. The molecule has 1 aliphatic heterocycles. The average Bonchev–Trinajstić information content (AvgIpc) is 3.35. The summed E-state index contributed by atoms with van der Waals surface area (Å²) in [6.45, 7) is 3.75. The Morgan fingerprint density at radius 2 is 2.32 bits per heavy atom. The Hall–Kier alpha value is -2.31. The molecule has 0 spiro atoms. The molecule has 6 heteroatoms. The van der Waals surface area contributed by atoms with Crippen molar-refractivity contribution in [2.24, 2.45) is 0 Å². The minimum absolute atomic E-state index is 0.334. The van der Waals surface area contributed by atoms with E-state index in [1.807, 2.05) is 37.4 Å². The zero-order chi connectivity index (χ0) is 17.2. The van der Waals surface area contributed by atoms with Crippen molar-refractivity contribution in [1.29, 1.82) is 0 Å². The van der Waals surface area contributed by atoms with Gasteiger partial charge in [0.15, 0.2) is 5.76 Å². The van der Waals surface area contributed by atoms with Gasteiger partial charge in [-0.25, -0.2) is 0 Å². The fraction of sp³-hybridized carbons (Fsp3) is 0.421. The number of hydrogen-bond acceptors (Lipinski definition) is 5. The van der Waals surface area contributed by atoms with Crippen LogP contribution in [0, 0.1) is 6.92 Å². The summed E-state index contributed by atoms with van der Waals surface area (Å²) in [5.74, 6) is 2.34. The maximum atomic E-state index is 10.4. The van der Waals surface area contributed by atoms with Crippen LogP contribution in [-0.2, 0) is 6.54 Å². The third-order valence-electron chi connectivity index (χ3n) is 4.94. The van der Waals surface area contributed by atoms with E-state index >= 15 is 0 Å². The number of aryl methyl sites for hydroxylation is 1. The zero-order valence-corrected chi connectivity index (χ0v) is 14.3. The van der Waals surface area contributed by atoms with Gasteiger partial charge in [-0.2, -0.15) is 5.10 Å². The number of likely N-dealkylation sites (tertiary alicyclic amines) is 1. The van der Waals surface area contributed by atoms with E-state index in [2.05, 4.69) is 15.1 Å². The second-order valence-electron chi connectivity index (χ2n) is 6.71. The topological polar surface area (TPSA) is 78.4 Å². The van der Waals surface area contributed by atoms with Crippen LogP contribution in [0.3, 0.4) is 0 Å². The molecule has 0 bridgehead atoms. The van der Waals surface area contributed by atoms with Gasteiger partial charge in [0.2, 0.25) is 0 Å². The van der Waals surface area contributed by atoms with Crippen molar-refractivity contribution in [2.75, 3.05) is 6.54 Å². The number of nitrogens with zero attached hydrogens (tertiary/aromatic N) is 2. The van der Waals surface area contributed by atoms with Crippen LogP contribution in [0.4, 0.5) is 0 Å². The summed E-state index contributed by atoms with van der Waals surface area (Å²) in [5.41, 5.74) is 2.05. The quantitative estimate of drug-likeness (QED) is 0.715. The number of hydrogen-bond donors (Lipinski definition) is 2. The molecule has 2 atom stereocenters. The van der Waals surface area contributed by atoms with Gasteiger partial charge in [-0.3, -0.25) is 10.00 Å². The van der Waals surface area contributed by atoms with Crippen LogP contribution in [0.25, 0.3) is 11.5 Å². The molecule has 0 aromatic carbocycles. The number of H-pyrrole nitrogens is 1. The van der Waals surface area contributed by atoms with Gasteiger partial charge in [0.25, 0.3) is 0 Å². The maximum Gasteiger partial charge on any atom is 0.152 e. The highest BCUT2D eigenvalue weighted by Crippen LogP contribution is 2.31. The van der Waals surface area contributed by atoms with Crippen LogP contribution < -0.4 is 0 Å². The number of aliphatic hydroxyl groups excluding tert-OH is 1. The molecule has 0 radical (unpaired) electrons. The SMILES string of the molecule is Cc1ccc(-c2[nH]ncc2CN2CCCC2CC(O)c2ccco2)o1. The van der Waals surface area contributed by atoms with Crippen molar-refractivity contribution < 1.29 is 13.9 Å². The van der Waals surface area contributed by atoms with E-state index in [0.717, 1.165) is 48.7 Å². The lowest BCUT2D eigenvalue weighted by Gasteiger charge is -2.25. The highest BCUT2D eigenvalue weighted by molar-refractivity contribution is 5.56. The lowest BCUT2D eigenvalue weighted by molar-refractivity contribution is 0.0995. The second-order valence-corrected chi connectivity index (χ2v) is 6.71. The molecule has 2 unspecified atom stereocenters. The van der Waals surface area contributed by atoms with E-state index in [9.17, 15) is 5.11 Å². The minimum Gasteiger partial charge on any atom is -0.467 e. The average molecular weight is 341 g/mol. The van der Waals surface area contributed by atoms with Crippen LogP contribution in [-0.4, -0.2) is 32.8 Å². The Balaban J connectivity index is 1.46. The summed E-state index contributed by atoms with van der Waals surface area (Å²) in [4.78, 5) is 2.41. The van der Waals surface area contributed by atoms with Crippen molar-refractivity contribution in [3.05, 3.63) is 53.8 Å². The molecule has 0 saturated carbocycles. The predicted octanol–water partition coefficient (Wildman–Crippen LogP) is 3.66. The molecule has 1 aliphatic rings. The largest absolute Gasteiger partial charge is 0.467 e. The van der Waals surface area contributed by atoms with E-state index in [-0.39, 0.29) is 0 Å². The highest BCUT2D eigenvalue weighted by atomic mass is 16.4. The summed E-state index contributed by atoms with van der Waals surface area (Å²) >= 11 is 0. The first kappa shape index (κ1) is 16.2. The standard InChI is InChI=1S/C19H23N3O3/c1-13-6-7-18(25-13)19-14(11-20-21-19)12-22-8-2-4-15(22)10-16(23)17-5-3-9-24-17/h3,5-7,9,11,15-16,23H,2,4,8,10,12H2,1H3,(H,20,21). The molecule has 0 aliphatic carbocycles. The predicted molar refractivity (Wildman–Crippen MR) is 92.7 cm³/mol.